The summed E-state index contributed by atoms with van der Waals surface area (Å²) in [5, 5.41) is 7.72. The van der Waals surface area contributed by atoms with Crippen LogP contribution in [-0.4, -0.2) is 115 Å². The minimum atomic E-state index is -4.67. The van der Waals surface area contributed by atoms with Gasteiger partial charge in [-0.2, -0.15) is 8.42 Å². The van der Waals surface area contributed by atoms with Gasteiger partial charge in [0.1, 0.15) is 0 Å². The van der Waals surface area contributed by atoms with E-state index >= 15 is 0 Å². The molecular weight excluding hydrogens is 342 g/mol. The molecule has 0 bridgehead atoms. The van der Waals surface area contributed by atoms with E-state index in [-0.39, 0.29) is 98.7 Å². The van der Waals surface area contributed by atoms with Gasteiger partial charge in [-0.25, -0.2) is 0 Å². The van der Waals surface area contributed by atoms with Crippen LogP contribution >= 0.6 is 0 Å². The van der Waals surface area contributed by atoms with Crippen LogP contribution in [0.4, 0.5) is 0 Å². The van der Waals surface area contributed by atoms with Gasteiger partial charge >= 0.3 is 103 Å². The van der Waals surface area contributed by atoms with Crippen molar-refractivity contribution >= 4 is 103 Å². The molecule has 0 fully saturated rings. The molecule has 3 N–H and O–H groups in total. The van der Waals surface area contributed by atoms with Crippen molar-refractivity contribution in [2.24, 2.45) is 0 Å². The predicted molar refractivity (Wildman–Crippen MR) is 48.1 cm³/mol. The molecule has 70 valence electrons. The molecule has 9 heteroatoms. The van der Waals surface area contributed by atoms with Gasteiger partial charge in [0.15, 0.2) is 0 Å². The molecule has 0 amide bonds. The van der Waals surface area contributed by atoms with Crippen molar-refractivity contribution in [1.29, 1.82) is 0 Å². The van der Waals surface area contributed by atoms with Gasteiger partial charge in [-0.05, 0) is 0 Å². The maximum Gasteiger partial charge on any atom is 2.00 e. The number of carboxylic acid groups (broad SMARTS) is 1. The monoisotopic (exact) mass is 354 g/mol. The Kier molecular flexibility index (Phi) is 26.1. The van der Waals surface area contributed by atoms with Crippen molar-refractivity contribution in [2.75, 3.05) is 0 Å². The van der Waals surface area contributed by atoms with Crippen LogP contribution in [0.3, 0.4) is 0 Å². The Balaban J connectivity index is -0.00000000970. The first-order valence-electron chi connectivity index (χ1n) is 2.19. The van der Waals surface area contributed by atoms with Crippen LogP contribution in [-0.2, 0) is 15.2 Å². The van der Waals surface area contributed by atoms with E-state index < -0.39 is 16.4 Å². The van der Waals surface area contributed by atoms with Crippen LogP contribution in [0.5, 0.6) is 0 Å². The van der Waals surface area contributed by atoms with Crippen molar-refractivity contribution in [3.63, 3.8) is 0 Å². The molecule has 0 heterocycles. The second-order valence-electron chi connectivity index (χ2n) is 1.20. The van der Waals surface area contributed by atoms with E-state index in [1.165, 1.54) is 0 Å². The molecule has 0 rings (SSSR count). The Morgan fingerprint density at radius 3 is 1.50 bits per heavy atom. The summed E-state index contributed by atoms with van der Waals surface area (Å²) in [7, 11) is -4.67. The molecule has 0 spiro atoms. The second kappa shape index (κ2) is 13.2. The smallest absolute Gasteiger partial charge is 1.00 e. The molecule has 0 aromatic heterocycles. The summed E-state index contributed by atoms with van der Waals surface area (Å²) >= 11 is 0. The van der Waals surface area contributed by atoms with E-state index in [4.69, 9.17) is 22.6 Å². The third-order valence-electron chi connectivity index (χ3n) is 0.302. The van der Waals surface area contributed by atoms with E-state index in [0.29, 0.717) is 0 Å². The molecule has 0 atom stereocenters. The standard InChI is InChI=1S/C3H6O2.Ba.Ca.H2O4S.4H/c1-2-3(4)5;;;1-5(2,3)4;;;;/h2H2,1H3,(H,4,5);;;(H2,1,2,3,4);;;;/q;2*+2;;4*-1. The third kappa shape index (κ3) is 87.3. The van der Waals surface area contributed by atoms with Gasteiger partial charge in [0.05, 0.1) is 0 Å². The fourth-order valence-corrected chi connectivity index (χ4v) is 0. The SMILES string of the molecule is CCC(=O)O.O=S(=O)(O)O.[Ba+2].[Ca+2].[H-].[H-].[H-].[H-]. The molecule has 0 aromatic rings. The molecule has 0 saturated carbocycles. The van der Waals surface area contributed by atoms with E-state index in [0.717, 1.165) is 0 Å². The maximum absolute atomic E-state index is 9.37. The normalized spacial score (nSPS) is 7.92. The van der Waals surface area contributed by atoms with Crippen LogP contribution in [0.2, 0.25) is 0 Å². The Morgan fingerprint density at radius 1 is 1.42 bits per heavy atom. The summed E-state index contributed by atoms with van der Waals surface area (Å²) in [6, 6.07) is 0. The van der Waals surface area contributed by atoms with Gasteiger partial charge < -0.3 is 10.8 Å². The molecule has 0 aliphatic rings. The second-order valence-corrected chi connectivity index (χ2v) is 2.09. The minimum Gasteiger partial charge on any atom is -1.00 e. The summed E-state index contributed by atoms with van der Waals surface area (Å²) < 4.78 is 31.6. The Labute approximate surface area is 147 Å². The number of hydrogen-bond donors (Lipinski definition) is 3. The quantitative estimate of drug-likeness (QED) is 0.433. The zero-order chi connectivity index (χ0) is 8.78. The van der Waals surface area contributed by atoms with Gasteiger partial charge in [-0.1, -0.05) is 6.92 Å². The fourth-order valence-electron chi connectivity index (χ4n) is 0. The van der Waals surface area contributed by atoms with Crippen LogP contribution in [0.25, 0.3) is 0 Å². The van der Waals surface area contributed by atoms with Gasteiger partial charge in [0, 0.05) is 6.42 Å². The summed E-state index contributed by atoms with van der Waals surface area (Å²) in [6.07, 6.45) is 0.222. The Bertz CT molecular complexity index is 194. The van der Waals surface area contributed by atoms with Crippen molar-refractivity contribution in [3.05, 3.63) is 0 Å². The van der Waals surface area contributed by atoms with Crippen LogP contribution in [0.15, 0.2) is 0 Å². The number of rotatable bonds is 1. The first kappa shape index (κ1) is 23.8. The topological polar surface area (TPSA) is 112 Å². The van der Waals surface area contributed by atoms with Gasteiger partial charge in [-0.3, -0.25) is 13.9 Å². The number of hydrogen-bond acceptors (Lipinski definition) is 3. The largest absolute Gasteiger partial charge is 2.00 e. The van der Waals surface area contributed by atoms with Crippen LogP contribution in [0.1, 0.15) is 19.1 Å². The number of carboxylic acids is 1. The summed E-state index contributed by atoms with van der Waals surface area (Å²) in [5.41, 5.74) is 0. The first-order valence-corrected chi connectivity index (χ1v) is 3.58. The average Bonchev–Trinajstić information content (AvgIpc) is 1.61. The van der Waals surface area contributed by atoms with Crippen molar-refractivity contribution in [1.82, 2.24) is 0 Å². The van der Waals surface area contributed by atoms with E-state index in [1.54, 1.807) is 6.92 Å². The first-order chi connectivity index (χ1) is 4.27. The summed E-state index contributed by atoms with van der Waals surface area (Å²) in [5.74, 6) is -0.745. The zero-order valence-corrected chi connectivity index (χ0v) is 14.1. The molecule has 0 saturated heterocycles. The number of aliphatic carboxylic acids is 1. The van der Waals surface area contributed by atoms with Gasteiger partial charge in [0.2, 0.25) is 0 Å². The molecule has 0 radical (unpaired) electrons. The van der Waals surface area contributed by atoms with Crippen LogP contribution < -0.4 is 0 Å². The molecule has 12 heavy (non-hydrogen) atoms. The molecule has 0 aromatic carbocycles. The zero-order valence-electron chi connectivity index (χ0n) is 10.6. The molecular formula is C3H12BaCaO6S. The van der Waals surface area contributed by atoms with Gasteiger partial charge in [-0.15, -0.1) is 0 Å². The van der Waals surface area contributed by atoms with E-state index in [9.17, 15) is 4.79 Å². The summed E-state index contributed by atoms with van der Waals surface area (Å²) in [4.78, 5) is 9.37. The Hall–Kier alpha value is 2.17. The molecule has 6 nitrogen and oxygen atoms in total. The fraction of sp³-hybridized carbons (Fsp3) is 0.667. The maximum atomic E-state index is 9.37. The summed E-state index contributed by atoms with van der Waals surface area (Å²) in [6.45, 7) is 1.60. The number of carbonyl (C=O) groups is 1. The minimum absolute atomic E-state index is 0. The third-order valence-corrected chi connectivity index (χ3v) is 0.302. The predicted octanol–water partition coefficient (Wildman–Crippen LogP) is -0.483. The van der Waals surface area contributed by atoms with E-state index in [1.807, 2.05) is 0 Å². The van der Waals surface area contributed by atoms with Crippen molar-refractivity contribution < 1.29 is 33.1 Å². The van der Waals surface area contributed by atoms with Crippen molar-refractivity contribution in [3.8, 4) is 0 Å². The van der Waals surface area contributed by atoms with E-state index in [2.05, 4.69) is 0 Å². The average molecular weight is 354 g/mol. The molecule has 0 aliphatic carbocycles. The van der Waals surface area contributed by atoms with Crippen molar-refractivity contribution in [2.45, 2.75) is 13.3 Å². The van der Waals surface area contributed by atoms with Gasteiger partial charge in [0.25, 0.3) is 0 Å². The molecule has 0 aliphatic heterocycles. The van der Waals surface area contributed by atoms with Crippen LogP contribution in [0, 0.1) is 0 Å². The molecule has 0 unspecified atom stereocenters. The Morgan fingerprint density at radius 2 is 1.50 bits per heavy atom.